The summed E-state index contributed by atoms with van der Waals surface area (Å²) in [4.78, 5) is 22.2. The molecule has 196 valence electrons. The summed E-state index contributed by atoms with van der Waals surface area (Å²) in [7, 11) is 2.60. The smallest absolute Gasteiger partial charge is 0.341 e. The van der Waals surface area contributed by atoms with E-state index in [1.807, 2.05) is 0 Å². The number of hydrogen-bond acceptors (Lipinski definition) is 8. The van der Waals surface area contributed by atoms with Crippen LogP contribution in [0, 0.1) is 0 Å². The van der Waals surface area contributed by atoms with E-state index in [4.69, 9.17) is 20.1 Å². The molecule has 0 aromatic heterocycles. The van der Waals surface area contributed by atoms with Crippen LogP contribution in [0.2, 0.25) is 0 Å². The van der Waals surface area contributed by atoms with Crippen molar-refractivity contribution in [2.45, 2.75) is 35.1 Å². The van der Waals surface area contributed by atoms with Crippen LogP contribution in [0.25, 0.3) is 0 Å². The van der Waals surface area contributed by atoms with E-state index in [0.29, 0.717) is 30.9 Å². The summed E-state index contributed by atoms with van der Waals surface area (Å²) in [5.74, 6) is -0.519. The minimum absolute atomic E-state index is 0. The number of aliphatic hydroxyl groups excluding tert-OH is 2. The molecule has 0 bridgehead atoms. The Hall–Kier alpha value is -2.62. The number of phenols is 1. The van der Waals surface area contributed by atoms with Crippen molar-refractivity contribution in [3.63, 3.8) is 0 Å². The number of carbonyl (C=O) groups excluding carboxylic acids is 2. The second kappa shape index (κ2) is 25.0. The molecule has 8 nitrogen and oxygen atoms in total. The quantitative estimate of drug-likeness (QED) is 0.237. The Labute approximate surface area is 212 Å². The standard InChI is InChI=1S/C11H14O4.C8H8O3.C3H7BrO.3CH4/c1-14-11(13)9-5-2-3-6-10(9)15-8-4-7-12;1-11-8(10)6-4-2-3-5-7(6)9;4-2-1-3-5;;;/h2-3,5-6,12H,4,7-8H2,1H3;2-5,9H,1H3;5H,1-3H2;3*1H4. The van der Waals surface area contributed by atoms with Crippen LogP contribution >= 0.6 is 15.9 Å². The molecule has 2 rings (SSSR count). The summed E-state index contributed by atoms with van der Waals surface area (Å²) in [5, 5.41) is 26.7. The molecule has 2 aromatic rings. The van der Waals surface area contributed by atoms with Crippen molar-refractivity contribution in [3.8, 4) is 11.5 Å². The van der Waals surface area contributed by atoms with Gasteiger partial charge in [0.1, 0.15) is 22.6 Å². The van der Waals surface area contributed by atoms with Crippen molar-refractivity contribution in [2.75, 3.05) is 39.4 Å². The van der Waals surface area contributed by atoms with E-state index in [1.165, 1.54) is 26.4 Å². The topological polar surface area (TPSA) is 123 Å². The number of aromatic hydroxyl groups is 1. The molecule has 0 saturated heterocycles. The number of esters is 2. The minimum atomic E-state index is -0.525. The van der Waals surface area contributed by atoms with Crippen LogP contribution in [0.15, 0.2) is 48.5 Å². The zero-order valence-corrected chi connectivity index (χ0v) is 19.2. The van der Waals surface area contributed by atoms with Gasteiger partial charge in [-0.25, -0.2) is 9.59 Å². The lowest BCUT2D eigenvalue weighted by Gasteiger charge is -2.08. The van der Waals surface area contributed by atoms with Crippen molar-refractivity contribution in [3.05, 3.63) is 59.7 Å². The van der Waals surface area contributed by atoms with Crippen LogP contribution in [0.5, 0.6) is 11.5 Å². The highest BCUT2D eigenvalue weighted by atomic mass is 79.9. The summed E-state index contributed by atoms with van der Waals surface area (Å²) >= 11 is 3.15. The van der Waals surface area contributed by atoms with Crippen LogP contribution in [0.4, 0.5) is 0 Å². The van der Waals surface area contributed by atoms with Gasteiger partial charge < -0.3 is 29.5 Å². The van der Waals surface area contributed by atoms with Gasteiger partial charge in [-0.05, 0) is 30.7 Å². The molecule has 0 heterocycles. The zero-order valence-electron chi connectivity index (χ0n) is 17.6. The molecule has 9 heteroatoms. The molecule has 0 saturated carbocycles. The first-order valence-corrected chi connectivity index (χ1v) is 10.5. The highest BCUT2D eigenvalue weighted by molar-refractivity contribution is 9.09. The SMILES string of the molecule is C.C.C.COC(=O)c1ccccc1O.COC(=O)c1ccccc1OCCCO.OCCCBr. The summed E-state index contributed by atoms with van der Waals surface area (Å²) < 4.78 is 14.4. The number of methoxy groups -OCH3 is 2. The van der Waals surface area contributed by atoms with E-state index in [2.05, 4.69) is 25.4 Å². The predicted octanol–water partition coefficient (Wildman–Crippen LogP) is 5.09. The molecule has 0 fully saturated rings. The van der Waals surface area contributed by atoms with E-state index in [0.717, 1.165) is 11.8 Å². The number of hydrogen-bond donors (Lipinski definition) is 3. The molecule has 0 amide bonds. The second-order valence-corrected chi connectivity index (χ2v) is 6.48. The van der Waals surface area contributed by atoms with Gasteiger partial charge in [0.2, 0.25) is 0 Å². The normalized spacial score (nSPS) is 8.50. The first-order chi connectivity index (χ1) is 15.0. The van der Waals surface area contributed by atoms with Crippen molar-refractivity contribution in [1.82, 2.24) is 0 Å². The third kappa shape index (κ3) is 16.1. The van der Waals surface area contributed by atoms with E-state index in [9.17, 15) is 9.59 Å². The fourth-order valence-corrected chi connectivity index (χ4v) is 2.18. The molecule has 3 N–H and O–H groups in total. The van der Waals surface area contributed by atoms with Gasteiger partial charge in [0.25, 0.3) is 0 Å². The number of ether oxygens (including phenoxy) is 3. The third-order valence-corrected chi connectivity index (χ3v) is 4.01. The van der Waals surface area contributed by atoms with Crippen LogP contribution in [-0.4, -0.2) is 66.6 Å². The van der Waals surface area contributed by atoms with Gasteiger partial charge in [-0.15, -0.1) is 0 Å². The number of aliphatic hydroxyl groups is 2. The third-order valence-electron chi connectivity index (χ3n) is 3.45. The number of alkyl halides is 1. The highest BCUT2D eigenvalue weighted by Gasteiger charge is 2.11. The Bertz CT molecular complexity index is 766. The molecule has 0 spiro atoms. The molecule has 0 unspecified atom stereocenters. The summed E-state index contributed by atoms with van der Waals surface area (Å²) in [5.41, 5.74) is 0.591. The largest absolute Gasteiger partial charge is 0.507 e. The number of rotatable bonds is 8. The predicted molar refractivity (Wildman–Crippen MR) is 140 cm³/mol. The maximum Gasteiger partial charge on any atom is 0.341 e. The van der Waals surface area contributed by atoms with Crippen LogP contribution < -0.4 is 4.74 Å². The van der Waals surface area contributed by atoms with Gasteiger partial charge in [0, 0.05) is 25.0 Å². The molecule has 0 aliphatic heterocycles. The van der Waals surface area contributed by atoms with Crippen molar-refractivity contribution in [1.29, 1.82) is 0 Å². The lowest BCUT2D eigenvalue weighted by Crippen LogP contribution is -2.07. The Morgan fingerprint density at radius 1 is 0.794 bits per heavy atom. The van der Waals surface area contributed by atoms with Crippen LogP contribution in [-0.2, 0) is 9.47 Å². The Morgan fingerprint density at radius 3 is 1.71 bits per heavy atom. The Morgan fingerprint density at radius 2 is 1.26 bits per heavy atom. The lowest BCUT2D eigenvalue weighted by atomic mass is 10.2. The van der Waals surface area contributed by atoms with E-state index < -0.39 is 11.9 Å². The van der Waals surface area contributed by atoms with Crippen LogP contribution in [0.3, 0.4) is 0 Å². The molecule has 0 atom stereocenters. The number of para-hydroxylation sites is 2. The van der Waals surface area contributed by atoms with Gasteiger partial charge in [-0.2, -0.15) is 0 Å². The van der Waals surface area contributed by atoms with Crippen molar-refractivity contribution < 1.29 is 39.1 Å². The maximum absolute atomic E-state index is 11.3. The van der Waals surface area contributed by atoms with Gasteiger partial charge in [-0.1, -0.05) is 62.5 Å². The number of benzene rings is 2. The zero-order chi connectivity index (χ0) is 23.5. The summed E-state index contributed by atoms with van der Waals surface area (Å²) in [6.07, 6.45) is 1.40. The maximum atomic E-state index is 11.3. The van der Waals surface area contributed by atoms with Gasteiger partial charge >= 0.3 is 11.9 Å². The molecular weight excluding hydrogens is 508 g/mol. The molecule has 0 aliphatic rings. The minimum Gasteiger partial charge on any atom is -0.507 e. The highest BCUT2D eigenvalue weighted by Crippen LogP contribution is 2.18. The molecule has 0 radical (unpaired) electrons. The van der Waals surface area contributed by atoms with Gasteiger partial charge in [0.15, 0.2) is 0 Å². The fraction of sp³-hybridized carbons (Fsp3) is 0.440. The average molecular weight is 549 g/mol. The van der Waals surface area contributed by atoms with Crippen molar-refractivity contribution >= 4 is 27.9 Å². The van der Waals surface area contributed by atoms with E-state index in [1.54, 1.807) is 36.4 Å². The fourth-order valence-electron chi connectivity index (χ4n) is 1.93. The number of phenolic OH excluding ortho intramolecular Hbond substituents is 1. The average Bonchev–Trinajstić information content (AvgIpc) is 2.80. The molecule has 2 aromatic carbocycles. The van der Waals surface area contributed by atoms with Crippen molar-refractivity contribution in [2.24, 2.45) is 0 Å². The number of carbonyl (C=O) groups is 2. The van der Waals surface area contributed by atoms with Gasteiger partial charge in [-0.3, -0.25) is 0 Å². The van der Waals surface area contributed by atoms with Gasteiger partial charge in [0.05, 0.1) is 20.8 Å². The Kier molecular flexibility index (Phi) is 28.4. The first kappa shape index (κ1) is 38.6. The van der Waals surface area contributed by atoms with E-state index >= 15 is 0 Å². The number of halogens is 1. The monoisotopic (exact) mass is 548 g/mol. The summed E-state index contributed by atoms with van der Waals surface area (Å²) in [6, 6.07) is 13.1. The molecular formula is C25H41BrO8. The summed E-state index contributed by atoms with van der Waals surface area (Å²) in [6.45, 7) is 0.746. The molecule has 34 heavy (non-hydrogen) atoms. The second-order valence-electron chi connectivity index (χ2n) is 5.69. The first-order valence-electron chi connectivity index (χ1n) is 9.40. The van der Waals surface area contributed by atoms with Crippen LogP contribution in [0.1, 0.15) is 55.8 Å². The molecule has 0 aliphatic carbocycles. The lowest BCUT2D eigenvalue weighted by molar-refractivity contribution is 0.0587. The Balaban J connectivity index is -0.000000211. The van der Waals surface area contributed by atoms with E-state index in [-0.39, 0.29) is 40.2 Å².